The number of imide groups is 1. The van der Waals surface area contributed by atoms with Crippen molar-refractivity contribution >= 4 is 31.0 Å². The molecule has 2 N–H and O–H groups in total. The molecule has 4 amide bonds. The third-order valence-electron chi connectivity index (χ3n) is 5.71. The number of pyridine rings is 1. The van der Waals surface area contributed by atoms with Crippen LogP contribution >= 0.6 is 7.37 Å². The molecule has 10 nitrogen and oxygen atoms in total. The fourth-order valence-electron chi connectivity index (χ4n) is 4.20. The Morgan fingerprint density at radius 1 is 1.06 bits per heavy atom. The molecule has 0 bridgehead atoms. The summed E-state index contributed by atoms with van der Waals surface area (Å²) in [6.07, 6.45) is 2.99. The standard InChI is InChI=1S/C24H37N4O6P/c1-7-34-35(33,14-28-23(31)18-8-9-26-12-19(18)24(28)32)13-17(10-15(2)3)21(29)27-20(11-16(4)5)22(30)25-6/h8-9,12,15-17,20H,7,10-11,13-14H2,1-6H3,(H,25,30)(H,27,29)/t17?,20-,35?/m0/s1. The number of hydrogen-bond acceptors (Lipinski definition) is 7. The molecule has 0 radical (unpaired) electrons. The molecule has 0 aliphatic carbocycles. The highest BCUT2D eigenvalue weighted by atomic mass is 31.2. The van der Waals surface area contributed by atoms with Crippen molar-refractivity contribution in [3.8, 4) is 0 Å². The molecule has 1 aliphatic heterocycles. The zero-order valence-corrected chi connectivity index (χ0v) is 22.3. The van der Waals surface area contributed by atoms with Crippen LogP contribution in [-0.2, 0) is 18.7 Å². The number of likely N-dealkylation sites (N-methyl/N-ethyl adjacent to an activating group) is 1. The number of hydrogen-bond donors (Lipinski definition) is 2. The molecule has 1 aliphatic rings. The molecule has 11 heteroatoms. The van der Waals surface area contributed by atoms with E-state index in [2.05, 4.69) is 15.6 Å². The lowest BCUT2D eigenvalue weighted by atomic mass is 9.96. The van der Waals surface area contributed by atoms with Gasteiger partial charge in [0.2, 0.25) is 19.2 Å². The number of carbonyl (C=O) groups excluding carboxylic acids is 4. The first-order chi connectivity index (χ1) is 16.4. The van der Waals surface area contributed by atoms with Crippen LogP contribution in [0.1, 0.15) is 68.2 Å². The van der Waals surface area contributed by atoms with Gasteiger partial charge in [-0.2, -0.15) is 0 Å². The van der Waals surface area contributed by atoms with Gasteiger partial charge in [0.25, 0.3) is 11.8 Å². The van der Waals surface area contributed by atoms with Crippen LogP contribution in [0.5, 0.6) is 0 Å². The summed E-state index contributed by atoms with van der Waals surface area (Å²) in [6, 6.07) is 0.724. The Bertz CT molecular complexity index is 961. The maximum absolute atomic E-state index is 13.9. The van der Waals surface area contributed by atoms with Crippen LogP contribution in [0.3, 0.4) is 0 Å². The van der Waals surface area contributed by atoms with Crippen molar-refractivity contribution in [1.29, 1.82) is 0 Å². The lowest BCUT2D eigenvalue weighted by Crippen LogP contribution is -2.49. The molecule has 35 heavy (non-hydrogen) atoms. The van der Waals surface area contributed by atoms with Crippen molar-refractivity contribution in [1.82, 2.24) is 20.5 Å². The minimum absolute atomic E-state index is 0.0895. The molecule has 3 atom stereocenters. The average molecular weight is 509 g/mol. The first-order valence-electron chi connectivity index (χ1n) is 12.0. The highest BCUT2D eigenvalue weighted by Crippen LogP contribution is 2.51. The molecule has 0 saturated carbocycles. The molecule has 2 unspecified atom stereocenters. The van der Waals surface area contributed by atoms with E-state index in [1.807, 2.05) is 27.7 Å². The highest BCUT2D eigenvalue weighted by Gasteiger charge is 2.42. The zero-order valence-electron chi connectivity index (χ0n) is 21.4. The van der Waals surface area contributed by atoms with Gasteiger partial charge in [-0.05, 0) is 37.7 Å². The first kappa shape index (κ1) is 28.7. The monoisotopic (exact) mass is 508 g/mol. The van der Waals surface area contributed by atoms with Gasteiger partial charge in [0.15, 0.2) is 0 Å². The van der Waals surface area contributed by atoms with Gasteiger partial charge >= 0.3 is 0 Å². The van der Waals surface area contributed by atoms with Crippen molar-refractivity contribution in [3.05, 3.63) is 29.6 Å². The number of nitrogens with zero attached hydrogens (tertiary/aromatic N) is 2. The summed E-state index contributed by atoms with van der Waals surface area (Å²) in [4.78, 5) is 56.1. The third kappa shape index (κ3) is 7.45. The molecule has 0 fully saturated rings. The van der Waals surface area contributed by atoms with Crippen molar-refractivity contribution in [2.75, 3.05) is 26.1 Å². The van der Waals surface area contributed by atoms with E-state index < -0.39 is 43.3 Å². The largest absolute Gasteiger partial charge is 0.357 e. The van der Waals surface area contributed by atoms with Crippen molar-refractivity contribution in [3.63, 3.8) is 0 Å². The van der Waals surface area contributed by atoms with Crippen molar-refractivity contribution in [2.45, 2.75) is 53.5 Å². The van der Waals surface area contributed by atoms with E-state index in [9.17, 15) is 23.7 Å². The second-order valence-electron chi connectivity index (χ2n) is 9.65. The maximum atomic E-state index is 13.9. The van der Waals surface area contributed by atoms with Gasteiger partial charge in [0, 0.05) is 31.5 Å². The number of nitrogens with one attached hydrogen (secondary N) is 2. The lowest BCUT2D eigenvalue weighted by Gasteiger charge is -2.28. The molecule has 194 valence electrons. The van der Waals surface area contributed by atoms with Crippen LogP contribution in [0.15, 0.2) is 18.5 Å². The molecule has 2 heterocycles. The van der Waals surface area contributed by atoms with Crippen molar-refractivity contribution in [2.24, 2.45) is 17.8 Å². The van der Waals surface area contributed by atoms with Crippen LogP contribution in [0.4, 0.5) is 0 Å². The second kappa shape index (κ2) is 12.4. The second-order valence-corrected chi connectivity index (χ2v) is 12.2. The first-order valence-corrected chi connectivity index (χ1v) is 14.0. The average Bonchev–Trinajstić information content (AvgIpc) is 3.02. The molecule has 2 rings (SSSR count). The van der Waals surface area contributed by atoms with Gasteiger partial charge in [0.05, 0.1) is 17.7 Å². The maximum Gasteiger partial charge on any atom is 0.263 e. The van der Waals surface area contributed by atoms with E-state index in [0.717, 1.165) is 4.90 Å². The van der Waals surface area contributed by atoms with Crippen LogP contribution in [0, 0.1) is 17.8 Å². The van der Waals surface area contributed by atoms with Crippen LogP contribution in [0.2, 0.25) is 0 Å². The summed E-state index contributed by atoms with van der Waals surface area (Å²) in [7, 11) is -2.13. The van der Waals surface area contributed by atoms with E-state index in [1.54, 1.807) is 6.92 Å². The van der Waals surface area contributed by atoms with E-state index in [-0.39, 0.29) is 41.6 Å². The SMILES string of the molecule is CCOP(=O)(CC(CC(C)C)C(=O)N[C@@H](CC(C)C)C(=O)NC)CN1C(=O)c2ccncc2C1=O. The molecular weight excluding hydrogens is 471 g/mol. The van der Waals surface area contributed by atoms with E-state index >= 15 is 0 Å². The summed E-state index contributed by atoms with van der Waals surface area (Å²) in [5, 5.41) is 5.38. The topological polar surface area (TPSA) is 135 Å². The quantitative estimate of drug-likeness (QED) is 0.309. The van der Waals surface area contributed by atoms with Gasteiger partial charge in [-0.25, -0.2) is 0 Å². The Kier molecular flexibility index (Phi) is 10.2. The van der Waals surface area contributed by atoms with E-state index in [4.69, 9.17) is 4.52 Å². The number of carbonyl (C=O) groups is 4. The predicted octanol–water partition coefficient (Wildman–Crippen LogP) is 2.89. The minimum atomic E-state index is -3.64. The molecule has 0 aromatic carbocycles. The Balaban J connectivity index is 2.27. The van der Waals surface area contributed by atoms with Crippen LogP contribution in [-0.4, -0.2) is 65.7 Å². The summed E-state index contributed by atoms with van der Waals surface area (Å²) < 4.78 is 19.5. The van der Waals surface area contributed by atoms with Crippen molar-refractivity contribution < 1.29 is 28.3 Å². The Hall–Kier alpha value is -2.58. The van der Waals surface area contributed by atoms with Crippen LogP contribution < -0.4 is 10.6 Å². The van der Waals surface area contributed by atoms with Gasteiger partial charge in [0.1, 0.15) is 12.3 Å². The molecule has 0 saturated heterocycles. The van der Waals surface area contributed by atoms with Gasteiger partial charge in [-0.15, -0.1) is 0 Å². The summed E-state index contributed by atoms with van der Waals surface area (Å²) in [5.74, 6) is -2.33. The Labute approximate surface area is 207 Å². The zero-order chi connectivity index (χ0) is 26.3. The highest BCUT2D eigenvalue weighted by molar-refractivity contribution is 7.59. The number of fused-ring (bicyclic) bond motifs is 1. The Morgan fingerprint density at radius 3 is 2.23 bits per heavy atom. The molecule has 0 spiro atoms. The number of rotatable bonds is 13. The summed E-state index contributed by atoms with van der Waals surface area (Å²) in [6.45, 7) is 9.54. The Morgan fingerprint density at radius 2 is 1.69 bits per heavy atom. The third-order valence-corrected chi connectivity index (χ3v) is 8.14. The van der Waals surface area contributed by atoms with E-state index in [0.29, 0.717) is 12.8 Å². The fraction of sp³-hybridized carbons (Fsp3) is 0.625. The minimum Gasteiger partial charge on any atom is -0.357 e. The summed E-state index contributed by atoms with van der Waals surface area (Å²) in [5.41, 5.74) is 0.353. The van der Waals surface area contributed by atoms with E-state index in [1.165, 1.54) is 25.5 Å². The fourth-order valence-corrected chi connectivity index (χ4v) is 6.65. The molecule has 1 aromatic rings. The predicted molar refractivity (Wildman–Crippen MR) is 132 cm³/mol. The van der Waals surface area contributed by atoms with Gasteiger partial charge in [-0.1, -0.05) is 27.7 Å². The van der Waals surface area contributed by atoms with Gasteiger partial charge < -0.3 is 15.2 Å². The van der Waals surface area contributed by atoms with Gasteiger partial charge in [-0.3, -0.25) is 33.6 Å². The number of amides is 4. The lowest BCUT2D eigenvalue weighted by molar-refractivity contribution is -0.131. The summed E-state index contributed by atoms with van der Waals surface area (Å²) >= 11 is 0. The van der Waals surface area contributed by atoms with Crippen LogP contribution in [0.25, 0.3) is 0 Å². The normalized spacial score (nSPS) is 16.7. The molecule has 1 aromatic heterocycles. The molecular formula is C24H37N4O6P. The smallest absolute Gasteiger partial charge is 0.263 e. The number of aromatic nitrogens is 1.